The van der Waals surface area contributed by atoms with Gasteiger partial charge < -0.3 is 15.2 Å². The van der Waals surface area contributed by atoms with Gasteiger partial charge in [0.05, 0.1) is 0 Å². The molecule has 0 saturated heterocycles. The summed E-state index contributed by atoms with van der Waals surface area (Å²) in [6, 6.07) is 8.83. The number of nitrogens with one attached hydrogen (secondary N) is 1. The third kappa shape index (κ3) is 5.29. The molecule has 26 heavy (non-hydrogen) atoms. The second-order valence-electron chi connectivity index (χ2n) is 6.33. The van der Waals surface area contributed by atoms with Gasteiger partial charge in [-0.1, -0.05) is 49.2 Å². The van der Waals surface area contributed by atoms with E-state index in [4.69, 9.17) is 27.9 Å². The Labute approximate surface area is 164 Å². The normalized spacial score (nSPS) is 10.8. The molecule has 0 heterocycles. The topological polar surface area (TPSA) is 58.6 Å². The first-order valence-corrected chi connectivity index (χ1v) is 9.26. The van der Waals surface area contributed by atoms with Crippen LogP contribution in [-0.4, -0.2) is 24.2 Å². The van der Waals surface area contributed by atoms with E-state index in [0.29, 0.717) is 28.8 Å². The lowest BCUT2D eigenvalue weighted by atomic mass is 9.96. The fraction of sp³-hybridized carbons (Fsp3) is 0.350. The molecule has 6 heteroatoms. The molecular formula is C20H23Cl2NO3. The van der Waals surface area contributed by atoms with E-state index in [1.165, 1.54) is 0 Å². The van der Waals surface area contributed by atoms with Crippen LogP contribution in [0.25, 0.3) is 0 Å². The molecule has 2 N–H and O–H groups in total. The molecule has 0 radical (unpaired) electrons. The maximum absolute atomic E-state index is 11.5. The smallest absolute Gasteiger partial charge is 0.257 e. The number of benzene rings is 2. The number of hydrogen-bond donors (Lipinski definition) is 2. The summed E-state index contributed by atoms with van der Waals surface area (Å²) in [6.45, 7) is 6.36. The molecule has 0 unspecified atom stereocenters. The second-order valence-corrected chi connectivity index (χ2v) is 7.15. The lowest BCUT2D eigenvalue weighted by Crippen LogP contribution is -2.28. The molecule has 0 spiro atoms. The van der Waals surface area contributed by atoms with Gasteiger partial charge in [-0.2, -0.15) is 0 Å². The Hall–Kier alpha value is -1.91. The summed E-state index contributed by atoms with van der Waals surface area (Å²) in [5, 5.41) is 13.6. The van der Waals surface area contributed by atoms with Crippen LogP contribution >= 0.6 is 23.2 Å². The van der Waals surface area contributed by atoms with Crippen molar-refractivity contribution >= 4 is 29.1 Å². The van der Waals surface area contributed by atoms with Gasteiger partial charge in [-0.25, -0.2) is 0 Å². The molecule has 0 saturated carbocycles. The third-order valence-corrected chi connectivity index (χ3v) is 4.63. The maximum Gasteiger partial charge on any atom is 0.257 e. The molecule has 4 nitrogen and oxygen atoms in total. The number of phenols is 1. The van der Waals surface area contributed by atoms with Crippen molar-refractivity contribution in [1.82, 2.24) is 5.32 Å². The first-order valence-electron chi connectivity index (χ1n) is 8.51. The minimum absolute atomic E-state index is 0.0877. The largest absolute Gasteiger partial charge is 0.508 e. The number of rotatable bonds is 7. The highest BCUT2D eigenvalue weighted by atomic mass is 35.5. The van der Waals surface area contributed by atoms with E-state index in [0.717, 1.165) is 16.7 Å². The molecule has 1 amide bonds. The Morgan fingerprint density at radius 3 is 2.42 bits per heavy atom. The predicted molar refractivity (Wildman–Crippen MR) is 106 cm³/mol. The number of likely N-dealkylation sites (N-methyl/N-ethyl adjacent to an activating group) is 1. The zero-order valence-corrected chi connectivity index (χ0v) is 16.6. The molecule has 0 bridgehead atoms. The third-order valence-electron chi connectivity index (χ3n) is 3.95. The molecule has 2 aromatic carbocycles. The van der Waals surface area contributed by atoms with E-state index < -0.39 is 0 Å². The molecular weight excluding hydrogens is 373 g/mol. The standard InChI is InChI=1S/C20H23Cl2NO3/c1-4-23-20(25)11-26-14-9-17(21)16(18(22)10-14)8-13-5-6-19(24)15(7-13)12(2)3/h5-7,9-10,12,24H,4,8,11H2,1-3H3,(H,23,25). The van der Waals surface area contributed by atoms with Crippen molar-refractivity contribution in [1.29, 1.82) is 0 Å². The Morgan fingerprint density at radius 1 is 1.19 bits per heavy atom. The van der Waals surface area contributed by atoms with Crippen molar-refractivity contribution in [2.45, 2.75) is 33.1 Å². The molecule has 0 aliphatic carbocycles. The summed E-state index contributed by atoms with van der Waals surface area (Å²) in [4.78, 5) is 11.5. The van der Waals surface area contributed by atoms with Crippen LogP contribution in [0.15, 0.2) is 30.3 Å². The molecule has 140 valence electrons. The van der Waals surface area contributed by atoms with Gasteiger partial charge in [0.25, 0.3) is 5.91 Å². The van der Waals surface area contributed by atoms with Crippen molar-refractivity contribution in [3.8, 4) is 11.5 Å². The number of phenolic OH excluding ortho intramolecular Hbond substituents is 1. The second kappa shape index (κ2) is 9.15. The molecule has 2 aromatic rings. The average molecular weight is 396 g/mol. The highest BCUT2D eigenvalue weighted by Gasteiger charge is 2.13. The number of ether oxygens (including phenoxy) is 1. The van der Waals surface area contributed by atoms with Gasteiger partial charge >= 0.3 is 0 Å². The molecule has 0 aliphatic heterocycles. The first kappa shape index (κ1) is 20.4. The van der Waals surface area contributed by atoms with E-state index in [-0.39, 0.29) is 24.2 Å². The van der Waals surface area contributed by atoms with Crippen molar-refractivity contribution in [2.24, 2.45) is 0 Å². The van der Waals surface area contributed by atoms with Crippen LogP contribution in [0.4, 0.5) is 0 Å². The van der Waals surface area contributed by atoms with Gasteiger partial charge in [-0.15, -0.1) is 0 Å². The van der Waals surface area contributed by atoms with Crippen LogP contribution in [0, 0.1) is 0 Å². The minimum Gasteiger partial charge on any atom is -0.508 e. The number of carbonyl (C=O) groups excluding carboxylic acids is 1. The van der Waals surface area contributed by atoms with Gasteiger partial charge in [0.2, 0.25) is 0 Å². The number of hydrogen-bond acceptors (Lipinski definition) is 3. The van der Waals surface area contributed by atoms with Crippen LogP contribution in [0.2, 0.25) is 10.0 Å². The van der Waals surface area contributed by atoms with Gasteiger partial charge in [0.15, 0.2) is 6.61 Å². The zero-order valence-electron chi connectivity index (χ0n) is 15.1. The highest BCUT2D eigenvalue weighted by molar-refractivity contribution is 6.36. The van der Waals surface area contributed by atoms with E-state index in [1.807, 2.05) is 32.9 Å². The monoisotopic (exact) mass is 395 g/mol. The summed E-state index contributed by atoms with van der Waals surface area (Å²) in [5.74, 6) is 0.749. The maximum atomic E-state index is 11.5. The van der Waals surface area contributed by atoms with Gasteiger partial charge in [-0.3, -0.25) is 4.79 Å². The summed E-state index contributed by atoms with van der Waals surface area (Å²) >= 11 is 12.8. The Kier molecular flexibility index (Phi) is 7.18. The Balaban J connectivity index is 2.18. The molecule has 0 atom stereocenters. The van der Waals surface area contributed by atoms with Crippen LogP contribution in [-0.2, 0) is 11.2 Å². The molecule has 0 fully saturated rings. The SMILES string of the molecule is CCNC(=O)COc1cc(Cl)c(Cc2ccc(O)c(C(C)C)c2)c(Cl)c1. The Bertz CT molecular complexity index is 768. The van der Waals surface area contributed by atoms with Gasteiger partial charge in [-0.05, 0) is 47.7 Å². The summed E-state index contributed by atoms with van der Waals surface area (Å²) in [7, 11) is 0. The van der Waals surface area contributed by atoms with Gasteiger partial charge in [0.1, 0.15) is 11.5 Å². The predicted octanol–water partition coefficient (Wildman–Crippen LogP) is 4.93. The van der Waals surface area contributed by atoms with Crippen molar-refractivity contribution in [3.63, 3.8) is 0 Å². The Morgan fingerprint density at radius 2 is 1.85 bits per heavy atom. The lowest BCUT2D eigenvalue weighted by Gasteiger charge is -2.14. The van der Waals surface area contributed by atoms with Crippen LogP contribution in [0.5, 0.6) is 11.5 Å². The lowest BCUT2D eigenvalue weighted by molar-refractivity contribution is -0.122. The quantitative estimate of drug-likeness (QED) is 0.698. The molecule has 2 rings (SSSR count). The van der Waals surface area contributed by atoms with Crippen LogP contribution in [0.3, 0.4) is 0 Å². The van der Waals surface area contributed by atoms with Crippen molar-refractivity contribution in [2.75, 3.05) is 13.2 Å². The van der Waals surface area contributed by atoms with Crippen LogP contribution in [0.1, 0.15) is 43.4 Å². The van der Waals surface area contributed by atoms with Crippen molar-refractivity contribution < 1.29 is 14.6 Å². The fourth-order valence-corrected chi connectivity index (χ4v) is 3.21. The van der Waals surface area contributed by atoms with Gasteiger partial charge in [0, 0.05) is 23.0 Å². The number of aromatic hydroxyl groups is 1. The van der Waals surface area contributed by atoms with E-state index >= 15 is 0 Å². The molecule has 0 aliphatic rings. The summed E-state index contributed by atoms with van der Waals surface area (Å²) in [6.07, 6.45) is 0.536. The number of halogens is 2. The first-order chi connectivity index (χ1) is 12.3. The highest BCUT2D eigenvalue weighted by Crippen LogP contribution is 2.33. The van der Waals surface area contributed by atoms with Crippen molar-refractivity contribution in [3.05, 3.63) is 57.1 Å². The average Bonchev–Trinajstić information content (AvgIpc) is 2.57. The zero-order chi connectivity index (χ0) is 19.3. The number of amides is 1. The van der Waals surface area contributed by atoms with E-state index in [2.05, 4.69) is 5.32 Å². The minimum atomic E-state index is -0.200. The summed E-state index contributed by atoms with van der Waals surface area (Å²) in [5.41, 5.74) is 2.67. The van der Waals surface area contributed by atoms with E-state index in [1.54, 1.807) is 18.2 Å². The van der Waals surface area contributed by atoms with Crippen LogP contribution < -0.4 is 10.1 Å². The summed E-state index contributed by atoms with van der Waals surface area (Å²) < 4.78 is 5.44. The fourth-order valence-electron chi connectivity index (χ4n) is 2.61. The number of carbonyl (C=O) groups is 1. The van der Waals surface area contributed by atoms with E-state index in [9.17, 15) is 9.90 Å². The molecule has 0 aromatic heterocycles.